The highest BCUT2D eigenvalue weighted by molar-refractivity contribution is 6.35. The highest BCUT2D eigenvalue weighted by Gasteiger charge is 2.16. The smallest absolute Gasteiger partial charge is 0.336 e. The van der Waals surface area contributed by atoms with Crippen molar-refractivity contribution in [1.82, 2.24) is 0 Å². The summed E-state index contributed by atoms with van der Waals surface area (Å²) < 4.78 is 10.6. The Balaban J connectivity index is 1.72. The van der Waals surface area contributed by atoms with Gasteiger partial charge in [-0.1, -0.05) is 23.2 Å². The predicted molar refractivity (Wildman–Crippen MR) is 97.7 cm³/mol. The van der Waals surface area contributed by atoms with Gasteiger partial charge in [-0.15, -0.1) is 0 Å². The molecule has 1 atom stereocenters. The Morgan fingerprint density at radius 1 is 1.12 bits per heavy atom. The number of hydrogen-bond acceptors (Lipinski definition) is 4. The van der Waals surface area contributed by atoms with Gasteiger partial charge in [0.2, 0.25) is 0 Å². The molecule has 0 radical (unpaired) electrons. The minimum Gasteiger partial charge on any atom is -0.479 e. The van der Waals surface area contributed by atoms with Crippen LogP contribution in [0.1, 0.15) is 6.92 Å². The Morgan fingerprint density at radius 3 is 2.68 bits per heavy atom. The first-order chi connectivity index (χ1) is 11.9. The Bertz CT molecular complexity index is 1000. The molecular weight excluding hydrogens is 365 g/mol. The number of fused-ring (bicyclic) bond motifs is 1. The second-order valence-electron chi connectivity index (χ2n) is 5.33. The van der Waals surface area contributed by atoms with Crippen molar-refractivity contribution in [3.63, 3.8) is 0 Å². The van der Waals surface area contributed by atoms with Crippen LogP contribution in [0.15, 0.2) is 57.7 Å². The van der Waals surface area contributed by atoms with Gasteiger partial charge < -0.3 is 14.5 Å². The fourth-order valence-electron chi connectivity index (χ4n) is 2.21. The zero-order valence-electron chi connectivity index (χ0n) is 13.1. The summed E-state index contributed by atoms with van der Waals surface area (Å²) in [7, 11) is 0. The monoisotopic (exact) mass is 377 g/mol. The van der Waals surface area contributed by atoms with Gasteiger partial charge in [-0.25, -0.2) is 4.79 Å². The third-order valence-corrected chi connectivity index (χ3v) is 3.98. The van der Waals surface area contributed by atoms with Crippen LogP contribution in [-0.2, 0) is 4.79 Å². The van der Waals surface area contributed by atoms with Crippen molar-refractivity contribution in [2.24, 2.45) is 0 Å². The molecule has 1 heterocycles. The Labute approximate surface area is 153 Å². The molecule has 128 valence electrons. The second kappa shape index (κ2) is 7.17. The van der Waals surface area contributed by atoms with E-state index in [1.165, 1.54) is 6.07 Å². The van der Waals surface area contributed by atoms with Crippen molar-refractivity contribution in [2.45, 2.75) is 13.0 Å². The molecule has 3 rings (SSSR count). The van der Waals surface area contributed by atoms with E-state index in [9.17, 15) is 9.59 Å². The maximum atomic E-state index is 12.3. The Morgan fingerprint density at radius 2 is 1.92 bits per heavy atom. The maximum Gasteiger partial charge on any atom is 0.336 e. The molecule has 3 aromatic rings. The number of anilines is 1. The zero-order chi connectivity index (χ0) is 18.0. The van der Waals surface area contributed by atoms with E-state index in [2.05, 4.69) is 5.32 Å². The summed E-state index contributed by atoms with van der Waals surface area (Å²) in [5.41, 5.74) is 0.581. The molecule has 0 bridgehead atoms. The number of ether oxygens (including phenoxy) is 1. The van der Waals surface area contributed by atoms with Gasteiger partial charge >= 0.3 is 5.63 Å². The maximum absolute atomic E-state index is 12.3. The molecule has 1 amide bonds. The average molecular weight is 378 g/mol. The average Bonchev–Trinajstić information content (AvgIpc) is 2.57. The summed E-state index contributed by atoms with van der Waals surface area (Å²) in [6.07, 6.45) is -0.775. The standard InChI is InChI=1S/C18H13Cl2NO4/c1-10(24-16-5-3-12(19)9-14(16)20)18(23)21-13-4-6-15-11(8-13)2-7-17(22)25-15/h2-10H,1H3,(H,21,23)/t10-/m1/s1. The van der Waals surface area contributed by atoms with Crippen molar-refractivity contribution in [3.8, 4) is 5.75 Å². The zero-order valence-corrected chi connectivity index (χ0v) is 14.6. The predicted octanol–water partition coefficient (Wildman–Crippen LogP) is 4.51. The van der Waals surface area contributed by atoms with Crippen molar-refractivity contribution in [3.05, 3.63) is 69.0 Å². The number of halogens is 2. The lowest BCUT2D eigenvalue weighted by atomic mass is 10.2. The number of benzene rings is 2. The van der Waals surface area contributed by atoms with Crippen LogP contribution in [0.2, 0.25) is 10.0 Å². The highest BCUT2D eigenvalue weighted by atomic mass is 35.5. The third-order valence-electron chi connectivity index (χ3n) is 3.45. The summed E-state index contributed by atoms with van der Waals surface area (Å²) in [6, 6.07) is 12.7. The Hall–Kier alpha value is -2.50. The fraction of sp³-hybridized carbons (Fsp3) is 0.111. The fourth-order valence-corrected chi connectivity index (χ4v) is 2.66. The van der Waals surface area contributed by atoms with Crippen LogP contribution in [0.3, 0.4) is 0 Å². The van der Waals surface area contributed by atoms with E-state index < -0.39 is 11.7 Å². The summed E-state index contributed by atoms with van der Waals surface area (Å²) in [6.45, 7) is 1.61. The molecule has 0 saturated heterocycles. The van der Waals surface area contributed by atoms with Crippen molar-refractivity contribution >= 4 is 45.8 Å². The van der Waals surface area contributed by atoms with Crippen LogP contribution in [0.4, 0.5) is 5.69 Å². The van der Waals surface area contributed by atoms with Gasteiger partial charge in [0.15, 0.2) is 6.10 Å². The molecule has 0 unspecified atom stereocenters. The van der Waals surface area contributed by atoms with Gasteiger partial charge in [0.1, 0.15) is 11.3 Å². The summed E-state index contributed by atoms with van der Waals surface area (Å²) in [5, 5.41) is 4.26. The number of carbonyl (C=O) groups is 1. The molecular formula is C18H13Cl2NO4. The summed E-state index contributed by atoms with van der Waals surface area (Å²) in [4.78, 5) is 23.5. The van der Waals surface area contributed by atoms with E-state index in [0.29, 0.717) is 32.5 Å². The number of nitrogens with one attached hydrogen (secondary N) is 1. The van der Waals surface area contributed by atoms with E-state index in [1.807, 2.05) is 0 Å². The molecule has 0 fully saturated rings. The van der Waals surface area contributed by atoms with Gasteiger partial charge in [-0.3, -0.25) is 4.79 Å². The van der Waals surface area contributed by atoms with Crippen LogP contribution in [0.5, 0.6) is 5.75 Å². The minimum absolute atomic E-state index is 0.327. The molecule has 7 heteroatoms. The first kappa shape index (κ1) is 17.3. The third kappa shape index (κ3) is 4.13. The summed E-state index contributed by atoms with van der Waals surface area (Å²) in [5.74, 6) is 0.0248. The first-order valence-corrected chi connectivity index (χ1v) is 8.14. The number of carbonyl (C=O) groups excluding carboxylic acids is 1. The molecule has 1 aromatic heterocycles. The highest BCUT2D eigenvalue weighted by Crippen LogP contribution is 2.28. The van der Waals surface area contributed by atoms with Gasteiger partial charge in [0, 0.05) is 22.2 Å². The van der Waals surface area contributed by atoms with Crippen LogP contribution in [-0.4, -0.2) is 12.0 Å². The number of hydrogen-bond donors (Lipinski definition) is 1. The lowest BCUT2D eigenvalue weighted by Crippen LogP contribution is -2.30. The summed E-state index contributed by atoms with van der Waals surface area (Å²) >= 11 is 11.9. The molecule has 1 N–H and O–H groups in total. The molecule has 0 spiro atoms. The van der Waals surface area contributed by atoms with Crippen LogP contribution in [0, 0.1) is 0 Å². The Kier molecular flexibility index (Phi) is 4.97. The number of amides is 1. The molecule has 0 aliphatic carbocycles. The molecule has 0 saturated carbocycles. The molecule has 2 aromatic carbocycles. The van der Waals surface area contributed by atoms with Crippen molar-refractivity contribution in [2.75, 3.05) is 5.32 Å². The normalized spacial score (nSPS) is 12.0. The quantitative estimate of drug-likeness (QED) is 0.679. The van der Waals surface area contributed by atoms with Gasteiger partial charge in [-0.2, -0.15) is 0 Å². The lowest BCUT2D eigenvalue weighted by molar-refractivity contribution is -0.122. The van der Waals surface area contributed by atoms with Gasteiger partial charge in [0.25, 0.3) is 5.91 Å². The van der Waals surface area contributed by atoms with E-state index in [4.69, 9.17) is 32.4 Å². The van der Waals surface area contributed by atoms with E-state index in [-0.39, 0.29) is 5.91 Å². The SMILES string of the molecule is C[C@@H](Oc1ccc(Cl)cc1Cl)C(=O)Nc1ccc2oc(=O)ccc2c1. The second-order valence-corrected chi connectivity index (χ2v) is 6.17. The molecule has 0 aliphatic heterocycles. The molecule has 25 heavy (non-hydrogen) atoms. The van der Waals surface area contributed by atoms with E-state index in [0.717, 1.165) is 0 Å². The van der Waals surface area contributed by atoms with Crippen LogP contribution in [0.25, 0.3) is 11.0 Å². The van der Waals surface area contributed by atoms with Crippen molar-refractivity contribution < 1.29 is 13.9 Å². The molecule has 5 nitrogen and oxygen atoms in total. The largest absolute Gasteiger partial charge is 0.479 e. The lowest BCUT2D eigenvalue weighted by Gasteiger charge is -2.16. The topological polar surface area (TPSA) is 68.5 Å². The van der Waals surface area contributed by atoms with E-state index >= 15 is 0 Å². The van der Waals surface area contributed by atoms with E-state index in [1.54, 1.807) is 49.4 Å². The van der Waals surface area contributed by atoms with Crippen LogP contribution >= 0.6 is 23.2 Å². The first-order valence-electron chi connectivity index (χ1n) is 7.39. The van der Waals surface area contributed by atoms with Gasteiger partial charge in [-0.05, 0) is 49.4 Å². The molecule has 0 aliphatic rings. The van der Waals surface area contributed by atoms with Crippen LogP contribution < -0.4 is 15.7 Å². The van der Waals surface area contributed by atoms with Crippen molar-refractivity contribution in [1.29, 1.82) is 0 Å². The number of rotatable bonds is 4. The van der Waals surface area contributed by atoms with Gasteiger partial charge in [0.05, 0.1) is 5.02 Å². The minimum atomic E-state index is -0.775.